The second-order valence-corrected chi connectivity index (χ2v) is 10.5. The van der Waals surface area contributed by atoms with Gasteiger partial charge in [-0.15, -0.1) is 0 Å². The van der Waals surface area contributed by atoms with Crippen LogP contribution in [0.15, 0.2) is 59.0 Å². The zero-order chi connectivity index (χ0) is 25.1. The number of benzene rings is 2. The van der Waals surface area contributed by atoms with Crippen molar-refractivity contribution in [1.82, 2.24) is 15.3 Å². The molecule has 36 heavy (non-hydrogen) atoms. The lowest BCUT2D eigenvalue weighted by atomic mass is 9.86. The fraction of sp³-hybridized carbons (Fsp3) is 0.357. The molecule has 4 aromatic rings. The Labute approximate surface area is 222 Å². The van der Waals surface area contributed by atoms with Crippen LogP contribution in [-0.2, 0) is 6.54 Å². The van der Waals surface area contributed by atoms with Crippen LogP contribution in [0.3, 0.4) is 0 Å². The van der Waals surface area contributed by atoms with Crippen LogP contribution < -0.4 is 15.5 Å². The highest BCUT2D eigenvalue weighted by molar-refractivity contribution is 6.36. The highest BCUT2D eigenvalue weighted by atomic mass is 35.5. The van der Waals surface area contributed by atoms with E-state index in [4.69, 9.17) is 37.6 Å². The molecular formula is C28H31Cl2N5O. The molecule has 2 heterocycles. The number of halogens is 2. The van der Waals surface area contributed by atoms with Gasteiger partial charge in [-0.2, -0.15) is 4.98 Å². The molecule has 2 aromatic carbocycles. The van der Waals surface area contributed by atoms with Crippen LogP contribution in [0.5, 0.6) is 0 Å². The molecule has 1 aliphatic carbocycles. The Balaban J connectivity index is 1.10. The van der Waals surface area contributed by atoms with Crippen LogP contribution in [0.25, 0.3) is 22.2 Å². The summed E-state index contributed by atoms with van der Waals surface area (Å²) in [7, 11) is 4.04. The zero-order valence-electron chi connectivity index (χ0n) is 20.6. The maximum Gasteiger partial charge on any atom is 0.225 e. The van der Waals surface area contributed by atoms with E-state index in [0.29, 0.717) is 34.5 Å². The van der Waals surface area contributed by atoms with Gasteiger partial charge in [0.25, 0.3) is 0 Å². The molecule has 0 saturated heterocycles. The van der Waals surface area contributed by atoms with Crippen molar-refractivity contribution in [2.24, 2.45) is 5.92 Å². The number of hydrogen-bond acceptors (Lipinski definition) is 6. The minimum atomic E-state index is 0.397. The van der Waals surface area contributed by atoms with Crippen LogP contribution in [0.4, 0.5) is 11.8 Å². The molecule has 6 nitrogen and oxygen atoms in total. The van der Waals surface area contributed by atoms with Crippen molar-refractivity contribution < 1.29 is 4.42 Å². The summed E-state index contributed by atoms with van der Waals surface area (Å²) in [6.07, 6.45) is 4.56. The van der Waals surface area contributed by atoms with Crippen molar-refractivity contribution in [3.05, 3.63) is 70.4 Å². The third-order valence-electron chi connectivity index (χ3n) is 6.78. The van der Waals surface area contributed by atoms with Crippen molar-refractivity contribution in [3.8, 4) is 11.3 Å². The maximum atomic E-state index is 6.31. The molecule has 1 aliphatic rings. The first-order chi connectivity index (χ1) is 17.5. The van der Waals surface area contributed by atoms with E-state index >= 15 is 0 Å². The van der Waals surface area contributed by atoms with Gasteiger partial charge < -0.3 is 20.0 Å². The van der Waals surface area contributed by atoms with Crippen molar-refractivity contribution >= 4 is 45.9 Å². The molecule has 2 N–H and O–H groups in total. The third kappa shape index (κ3) is 5.77. The number of anilines is 2. The lowest BCUT2D eigenvalue weighted by Crippen LogP contribution is -2.31. The number of nitrogens with zero attached hydrogens (tertiary/aromatic N) is 3. The molecule has 2 aromatic heterocycles. The first-order valence-corrected chi connectivity index (χ1v) is 13.2. The van der Waals surface area contributed by atoms with E-state index in [-0.39, 0.29) is 0 Å². The molecule has 0 radical (unpaired) electrons. The van der Waals surface area contributed by atoms with E-state index in [9.17, 15) is 0 Å². The lowest BCUT2D eigenvalue weighted by Gasteiger charge is -2.29. The lowest BCUT2D eigenvalue weighted by molar-refractivity contribution is 0.320. The van der Waals surface area contributed by atoms with E-state index in [1.165, 1.54) is 12.8 Å². The fourth-order valence-electron chi connectivity index (χ4n) is 4.87. The summed E-state index contributed by atoms with van der Waals surface area (Å²) in [6, 6.07) is 18.0. The number of nitrogens with one attached hydrogen (secondary N) is 2. The molecule has 0 spiro atoms. The van der Waals surface area contributed by atoms with Gasteiger partial charge in [0, 0.05) is 36.1 Å². The second-order valence-electron chi connectivity index (χ2n) is 9.67. The molecule has 0 aliphatic heterocycles. The van der Waals surface area contributed by atoms with Crippen molar-refractivity contribution in [1.29, 1.82) is 0 Å². The summed E-state index contributed by atoms with van der Waals surface area (Å²) in [6.45, 7) is 1.67. The van der Waals surface area contributed by atoms with Gasteiger partial charge in [0.2, 0.25) is 5.95 Å². The standard InChI is InChI=1S/C28H31Cl2N5O/c1-35(2)27-23-5-3-4-6-25(23)33-28(34-27)32-20-10-7-18(8-11-20)16-31-17-21-12-14-26(36-21)22-13-9-19(29)15-24(22)30/h3-6,9,12-15,18,20,31H,7-8,10-11,16-17H2,1-2H3,(H,32,33,34)/t18-,20+. The summed E-state index contributed by atoms with van der Waals surface area (Å²) in [5, 5.41) is 9.44. The minimum Gasteiger partial charge on any atom is -0.460 e. The highest BCUT2D eigenvalue weighted by Crippen LogP contribution is 2.32. The summed E-state index contributed by atoms with van der Waals surface area (Å²) in [4.78, 5) is 11.6. The van der Waals surface area contributed by atoms with E-state index < -0.39 is 0 Å². The SMILES string of the molecule is CN(C)c1nc(N[C@H]2CC[C@@H](CNCc3ccc(-c4ccc(Cl)cc4Cl)o3)CC2)nc2ccccc12. The van der Waals surface area contributed by atoms with E-state index in [2.05, 4.69) is 16.7 Å². The van der Waals surface area contributed by atoms with Crippen LogP contribution in [-0.4, -0.2) is 36.6 Å². The molecule has 0 atom stereocenters. The Hall–Kier alpha value is -2.80. The summed E-state index contributed by atoms with van der Waals surface area (Å²) >= 11 is 12.3. The molecule has 1 saturated carbocycles. The molecule has 1 fully saturated rings. The number of fused-ring (bicyclic) bond motifs is 1. The van der Waals surface area contributed by atoms with Crippen LogP contribution >= 0.6 is 23.2 Å². The number of furan rings is 1. The van der Waals surface area contributed by atoms with Gasteiger partial charge >= 0.3 is 0 Å². The largest absolute Gasteiger partial charge is 0.460 e. The molecule has 8 heteroatoms. The van der Waals surface area contributed by atoms with Gasteiger partial charge in [0.15, 0.2) is 0 Å². The predicted octanol–water partition coefficient (Wildman–Crippen LogP) is 7.02. The quantitative estimate of drug-likeness (QED) is 0.258. The Morgan fingerprint density at radius 1 is 0.972 bits per heavy atom. The number of para-hydroxylation sites is 1. The van der Waals surface area contributed by atoms with Crippen LogP contribution in [0.2, 0.25) is 10.0 Å². The molecule has 0 unspecified atom stereocenters. The average molecular weight is 524 g/mol. The normalized spacial score (nSPS) is 17.9. The number of rotatable bonds is 8. The van der Waals surface area contributed by atoms with E-state index in [0.717, 1.165) is 53.2 Å². The third-order valence-corrected chi connectivity index (χ3v) is 7.32. The van der Waals surface area contributed by atoms with Gasteiger partial charge in [-0.3, -0.25) is 0 Å². The Bertz CT molecular complexity index is 1330. The van der Waals surface area contributed by atoms with Crippen LogP contribution in [0.1, 0.15) is 31.4 Å². The minimum absolute atomic E-state index is 0.397. The number of aromatic nitrogens is 2. The van der Waals surface area contributed by atoms with E-state index in [1.807, 2.05) is 61.5 Å². The van der Waals surface area contributed by atoms with E-state index in [1.54, 1.807) is 6.07 Å². The summed E-state index contributed by atoms with van der Waals surface area (Å²) < 4.78 is 6.00. The molecular weight excluding hydrogens is 493 g/mol. The average Bonchev–Trinajstić information content (AvgIpc) is 3.33. The topological polar surface area (TPSA) is 66.2 Å². The van der Waals surface area contributed by atoms with Crippen molar-refractivity contribution in [2.75, 3.05) is 30.9 Å². The molecule has 5 rings (SSSR count). The number of hydrogen-bond donors (Lipinski definition) is 2. The van der Waals surface area contributed by atoms with Gasteiger partial charge in [0.05, 0.1) is 17.1 Å². The smallest absolute Gasteiger partial charge is 0.225 e. The fourth-order valence-corrected chi connectivity index (χ4v) is 5.37. The molecule has 0 amide bonds. The van der Waals surface area contributed by atoms with Gasteiger partial charge in [-0.25, -0.2) is 4.98 Å². The highest BCUT2D eigenvalue weighted by Gasteiger charge is 2.22. The molecule has 0 bridgehead atoms. The Morgan fingerprint density at radius 3 is 2.56 bits per heavy atom. The predicted molar refractivity (Wildman–Crippen MR) is 149 cm³/mol. The Kier molecular flexibility index (Phi) is 7.65. The van der Waals surface area contributed by atoms with Gasteiger partial charge in [0.1, 0.15) is 17.3 Å². The maximum absolute atomic E-state index is 6.31. The summed E-state index contributed by atoms with van der Waals surface area (Å²) in [5.41, 5.74) is 1.82. The van der Waals surface area contributed by atoms with Crippen molar-refractivity contribution in [3.63, 3.8) is 0 Å². The van der Waals surface area contributed by atoms with Gasteiger partial charge in [-0.1, -0.05) is 35.3 Å². The zero-order valence-corrected chi connectivity index (χ0v) is 22.1. The van der Waals surface area contributed by atoms with Gasteiger partial charge in [-0.05, 0) is 80.6 Å². The molecule has 188 valence electrons. The first-order valence-electron chi connectivity index (χ1n) is 12.4. The Morgan fingerprint density at radius 2 is 1.78 bits per heavy atom. The van der Waals surface area contributed by atoms with Crippen molar-refractivity contribution in [2.45, 2.75) is 38.3 Å². The first kappa shape index (κ1) is 24.9. The van der Waals surface area contributed by atoms with Crippen LogP contribution in [0, 0.1) is 5.92 Å². The monoisotopic (exact) mass is 523 g/mol. The second kappa shape index (κ2) is 11.1. The summed E-state index contributed by atoms with van der Waals surface area (Å²) in [5.74, 6) is 3.97.